The minimum absolute atomic E-state index is 0.201. The quantitative estimate of drug-likeness (QED) is 0.674. The van der Waals surface area contributed by atoms with Crippen molar-refractivity contribution in [3.05, 3.63) is 65.2 Å². The second-order valence-electron chi connectivity index (χ2n) is 4.87. The smallest absolute Gasteiger partial charge is 0.256 e. The van der Waals surface area contributed by atoms with Crippen molar-refractivity contribution in [3.8, 4) is 0 Å². The van der Waals surface area contributed by atoms with E-state index in [0.717, 1.165) is 5.56 Å². The van der Waals surface area contributed by atoms with E-state index < -0.39 is 5.79 Å². The van der Waals surface area contributed by atoms with Gasteiger partial charge in [-0.2, -0.15) is 0 Å². The Morgan fingerprint density at radius 2 is 1.30 bits per heavy atom. The Kier molecular flexibility index (Phi) is 1.99. The highest BCUT2D eigenvalue weighted by Crippen LogP contribution is 2.34. The Labute approximate surface area is 115 Å². The first-order chi connectivity index (χ1) is 9.70. The van der Waals surface area contributed by atoms with E-state index in [4.69, 9.17) is 0 Å². The van der Waals surface area contributed by atoms with Gasteiger partial charge in [-0.15, -0.1) is 0 Å². The normalized spacial score (nSPS) is 22.6. The molecular formula is C15H11N3O2. The summed E-state index contributed by atoms with van der Waals surface area (Å²) in [5.41, 5.74) is 2.57. The van der Waals surface area contributed by atoms with Crippen molar-refractivity contribution in [3.63, 3.8) is 0 Å². The molecule has 4 rings (SSSR count). The Hall–Kier alpha value is -2.82. The summed E-state index contributed by atoms with van der Waals surface area (Å²) in [6, 6.07) is 14.4. The number of carbonyl (C=O) groups excluding carboxylic acids is 2. The van der Waals surface area contributed by atoms with Gasteiger partial charge in [-0.25, -0.2) is 0 Å². The van der Waals surface area contributed by atoms with Gasteiger partial charge in [-0.1, -0.05) is 30.3 Å². The van der Waals surface area contributed by atoms with Crippen LogP contribution in [0.25, 0.3) is 0 Å². The van der Waals surface area contributed by atoms with Crippen LogP contribution in [0.15, 0.2) is 48.5 Å². The van der Waals surface area contributed by atoms with Crippen molar-refractivity contribution in [2.45, 2.75) is 5.79 Å². The van der Waals surface area contributed by atoms with Gasteiger partial charge in [0.1, 0.15) is 0 Å². The van der Waals surface area contributed by atoms with Crippen LogP contribution in [-0.2, 0) is 5.79 Å². The van der Waals surface area contributed by atoms with E-state index in [9.17, 15) is 9.59 Å². The van der Waals surface area contributed by atoms with Crippen molar-refractivity contribution in [1.82, 2.24) is 10.6 Å². The predicted molar refractivity (Wildman–Crippen MR) is 73.1 cm³/mol. The first-order valence-electron chi connectivity index (χ1n) is 6.31. The summed E-state index contributed by atoms with van der Waals surface area (Å²) < 4.78 is 0. The van der Waals surface area contributed by atoms with Gasteiger partial charge in [0.15, 0.2) is 0 Å². The molecule has 0 saturated heterocycles. The number of rotatable bonds is 0. The maximum Gasteiger partial charge on any atom is 0.256 e. The standard InChI is InChI=1S/C15H11N3O2/c19-13-9-5-1-3-7-11(9)15(17-13)16-12-8-4-2-6-10(12)14(20)18-15/h1-8,16H,(H,17,19)(H,18,20). The third-order valence-corrected chi connectivity index (χ3v) is 3.67. The molecule has 2 heterocycles. The molecule has 0 bridgehead atoms. The van der Waals surface area contributed by atoms with E-state index in [1.165, 1.54) is 0 Å². The van der Waals surface area contributed by atoms with Crippen LogP contribution in [0, 0.1) is 0 Å². The number of anilines is 1. The zero-order valence-electron chi connectivity index (χ0n) is 10.4. The molecule has 1 atom stereocenters. The summed E-state index contributed by atoms with van der Waals surface area (Å²) in [6.45, 7) is 0. The molecule has 2 aliphatic heterocycles. The zero-order chi connectivity index (χ0) is 13.7. The van der Waals surface area contributed by atoms with Gasteiger partial charge in [0.2, 0.25) is 5.79 Å². The van der Waals surface area contributed by atoms with E-state index in [2.05, 4.69) is 16.0 Å². The van der Waals surface area contributed by atoms with Crippen LogP contribution >= 0.6 is 0 Å². The molecule has 0 fully saturated rings. The molecule has 3 N–H and O–H groups in total. The molecule has 0 aliphatic carbocycles. The maximum atomic E-state index is 12.3. The summed E-state index contributed by atoms with van der Waals surface area (Å²) in [6.07, 6.45) is 0. The maximum absolute atomic E-state index is 12.3. The average Bonchev–Trinajstić information content (AvgIpc) is 2.72. The summed E-state index contributed by atoms with van der Waals surface area (Å²) in [7, 11) is 0. The summed E-state index contributed by atoms with van der Waals surface area (Å²) in [5.74, 6) is -1.47. The van der Waals surface area contributed by atoms with Gasteiger partial charge in [0.05, 0.1) is 11.3 Å². The van der Waals surface area contributed by atoms with E-state index in [-0.39, 0.29) is 11.8 Å². The van der Waals surface area contributed by atoms with Crippen molar-refractivity contribution < 1.29 is 9.59 Å². The number of fused-ring (bicyclic) bond motifs is 3. The molecule has 20 heavy (non-hydrogen) atoms. The van der Waals surface area contributed by atoms with Crippen LogP contribution in [0.1, 0.15) is 26.3 Å². The second kappa shape index (κ2) is 3.60. The highest BCUT2D eigenvalue weighted by Gasteiger charge is 2.47. The van der Waals surface area contributed by atoms with Crippen molar-refractivity contribution in [1.29, 1.82) is 0 Å². The van der Waals surface area contributed by atoms with E-state index in [1.807, 2.05) is 24.3 Å². The van der Waals surface area contributed by atoms with Crippen LogP contribution in [0.2, 0.25) is 0 Å². The van der Waals surface area contributed by atoms with Gasteiger partial charge in [0.25, 0.3) is 11.8 Å². The molecule has 1 spiro atoms. The van der Waals surface area contributed by atoms with E-state index >= 15 is 0 Å². The van der Waals surface area contributed by atoms with Gasteiger partial charge in [-0.3, -0.25) is 9.59 Å². The minimum atomic E-state index is -1.06. The lowest BCUT2D eigenvalue weighted by molar-refractivity contribution is 0.0844. The Balaban J connectivity index is 1.90. The fourth-order valence-corrected chi connectivity index (χ4v) is 2.77. The molecule has 2 aromatic carbocycles. The molecule has 2 amide bonds. The Morgan fingerprint density at radius 3 is 2.10 bits per heavy atom. The van der Waals surface area contributed by atoms with Gasteiger partial charge in [-0.05, 0) is 18.2 Å². The molecular weight excluding hydrogens is 254 g/mol. The number of hydrogen-bond acceptors (Lipinski definition) is 3. The summed E-state index contributed by atoms with van der Waals surface area (Å²) in [4.78, 5) is 24.3. The molecule has 2 aromatic rings. The number of benzene rings is 2. The number of nitrogens with one attached hydrogen (secondary N) is 3. The molecule has 2 aliphatic rings. The molecule has 98 valence electrons. The van der Waals surface area contributed by atoms with E-state index in [0.29, 0.717) is 16.8 Å². The third-order valence-electron chi connectivity index (χ3n) is 3.67. The fraction of sp³-hybridized carbons (Fsp3) is 0.0667. The van der Waals surface area contributed by atoms with Crippen molar-refractivity contribution >= 4 is 17.5 Å². The minimum Gasteiger partial charge on any atom is -0.341 e. The second-order valence-corrected chi connectivity index (χ2v) is 4.87. The summed E-state index contributed by atoms with van der Waals surface area (Å²) in [5, 5.41) is 8.90. The number of amides is 2. The topological polar surface area (TPSA) is 70.2 Å². The van der Waals surface area contributed by atoms with Crippen molar-refractivity contribution in [2.24, 2.45) is 0 Å². The van der Waals surface area contributed by atoms with Crippen LogP contribution in [0.4, 0.5) is 5.69 Å². The van der Waals surface area contributed by atoms with E-state index in [1.54, 1.807) is 24.3 Å². The molecule has 5 heteroatoms. The Bertz CT molecular complexity index is 756. The highest BCUT2D eigenvalue weighted by atomic mass is 16.2. The third kappa shape index (κ3) is 1.31. The molecule has 0 aromatic heterocycles. The zero-order valence-corrected chi connectivity index (χ0v) is 10.4. The Morgan fingerprint density at radius 1 is 0.700 bits per heavy atom. The SMILES string of the molecule is O=C1NC2(NC(=O)c3ccccc32)Nc2ccccc21. The first-order valence-corrected chi connectivity index (χ1v) is 6.31. The molecule has 1 unspecified atom stereocenters. The van der Waals surface area contributed by atoms with Gasteiger partial charge < -0.3 is 16.0 Å². The predicted octanol–water partition coefficient (Wildman–Crippen LogP) is 1.40. The molecule has 0 radical (unpaired) electrons. The lowest BCUT2D eigenvalue weighted by Crippen LogP contribution is -2.61. The lowest BCUT2D eigenvalue weighted by Gasteiger charge is -2.37. The largest absolute Gasteiger partial charge is 0.341 e. The molecule has 0 saturated carbocycles. The van der Waals surface area contributed by atoms with Crippen LogP contribution in [-0.4, -0.2) is 11.8 Å². The number of hydrogen-bond donors (Lipinski definition) is 3. The number of carbonyl (C=O) groups is 2. The summed E-state index contributed by atoms with van der Waals surface area (Å²) >= 11 is 0. The van der Waals surface area contributed by atoms with Crippen LogP contribution < -0.4 is 16.0 Å². The molecule has 5 nitrogen and oxygen atoms in total. The van der Waals surface area contributed by atoms with Crippen LogP contribution in [0.5, 0.6) is 0 Å². The first kappa shape index (κ1) is 11.0. The average molecular weight is 265 g/mol. The van der Waals surface area contributed by atoms with Gasteiger partial charge in [0, 0.05) is 11.1 Å². The van der Waals surface area contributed by atoms with Gasteiger partial charge >= 0.3 is 0 Å². The lowest BCUT2D eigenvalue weighted by atomic mass is 10.0. The van der Waals surface area contributed by atoms with Crippen LogP contribution in [0.3, 0.4) is 0 Å². The van der Waals surface area contributed by atoms with Crippen molar-refractivity contribution in [2.75, 3.05) is 5.32 Å². The fourth-order valence-electron chi connectivity index (χ4n) is 2.77. The highest BCUT2D eigenvalue weighted by molar-refractivity contribution is 6.06. The number of para-hydroxylation sites is 1. The monoisotopic (exact) mass is 265 g/mol.